The zero-order chi connectivity index (χ0) is 11.7. The second-order valence-corrected chi connectivity index (χ2v) is 5.59. The Hall–Kier alpha value is -0.940. The maximum absolute atomic E-state index is 13.2. The molecular weight excluding hydrogens is 219 g/mol. The van der Waals surface area contributed by atoms with Gasteiger partial charge in [0.25, 0.3) is 10.1 Å². The molecule has 0 amide bonds. The predicted molar refractivity (Wildman–Crippen MR) is 54.4 cm³/mol. The molecule has 0 aliphatic heterocycles. The minimum Gasteiger partial charge on any atom is -0.260 e. The summed E-state index contributed by atoms with van der Waals surface area (Å²) in [4.78, 5) is -0.431. The topological polar surface area (TPSA) is 43.4 Å². The lowest BCUT2D eigenvalue weighted by Crippen LogP contribution is -2.24. The van der Waals surface area contributed by atoms with Gasteiger partial charge < -0.3 is 0 Å². The maximum Gasteiger partial charge on any atom is 0.300 e. The van der Waals surface area contributed by atoms with E-state index < -0.39 is 26.4 Å². The molecule has 0 aliphatic rings. The maximum atomic E-state index is 13.2. The third-order valence-electron chi connectivity index (χ3n) is 1.47. The van der Waals surface area contributed by atoms with Crippen LogP contribution in [0.5, 0.6) is 0 Å². The van der Waals surface area contributed by atoms with Crippen LogP contribution in [0.1, 0.15) is 20.8 Å². The van der Waals surface area contributed by atoms with Gasteiger partial charge in [0.05, 0.1) is 5.60 Å². The molecule has 0 spiro atoms. The molecule has 0 saturated carbocycles. The van der Waals surface area contributed by atoms with E-state index in [1.165, 1.54) is 18.2 Å². The van der Waals surface area contributed by atoms with Crippen molar-refractivity contribution < 1.29 is 17.0 Å². The Balaban J connectivity index is 3.13. The minimum absolute atomic E-state index is 0.431. The average Bonchev–Trinajstić information content (AvgIpc) is 1.99. The van der Waals surface area contributed by atoms with Crippen molar-refractivity contribution >= 4 is 10.1 Å². The zero-order valence-electron chi connectivity index (χ0n) is 8.82. The van der Waals surface area contributed by atoms with E-state index in [1.54, 1.807) is 20.8 Å². The molecule has 0 heterocycles. The molecule has 84 valence electrons. The smallest absolute Gasteiger partial charge is 0.260 e. The molecule has 1 aromatic rings. The summed E-state index contributed by atoms with van der Waals surface area (Å²) < 4.78 is 41.2. The number of rotatable bonds is 2. The molecule has 15 heavy (non-hydrogen) atoms. The zero-order valence-corrected chi connectivity index (χ0v) is 9.64. The summed E-state index contributed by atoms with van der Waals surface area (Å²) in [7, 11) is -4.02. The third-order valence-corrected chi connectivity index (χ3v) is 3.05. The Morgan fingerprint density at radius 1 is 1.20 bits per heavy atom. The van der Waals surface area contributed by atoms with Crippen LogP contribution in [0.15, 0.2) is 29.2 Å². The summed E-state index contributed by atoms with van der Waals surface area (Å²) >= 11 is 0. The van der Waals surface area contributed by atoms with Crippen LogP contribution >= 0.6 is 0 Å². The lowest BCUT2D eigenvalue weighted by atomic mass is 10.2. The molecule has 0 fully saturated rings. The first-order valence-corrected chi connectivity index (χ1v) is 5.83. The van der Waals surface area contributed by atoms with Gasteiger partial charge in [-0.25, -0.2) is 4.39 Å². The van der Waals surface area contributed by atoms with E-state index in [1.807, 2.05) is 0 Å². The monoisotopic (exact) mass is 232 g/mol. The van der Waals surface area contributed by atoms with E-state index in [-0.39, 0.29) is 0 Å². The van der Waals surface area contributed by atoms with Gasteiger partial charge in [-0.05, 0) is 32.9 Å². The summed E-state index contributed by atoms with van der Waals surface area (Å²) in [5.74, 6) is -0.804. The lowest BCUT2D eigenvalue weighted by Gasteiger charge is -2.18. The van der Waals surface area contributed by atoms with Gasteiger partial charge in [-0.15, -0.1) is 0 Å². The fraction of sp³-hybridized carbons (Fsp3) is 0.400. The molecule has 0 unspecified atom stereocenters. The number of halogens is 1. The van der Waals surface area contributed by atoms with Crippen LogP contribution in [-0.2, 0) is 14.3 Å². The fourth-order valence-electron chi connectivity index (χ4n) is 1.02. The lowest BCUT2D eigenvalue weighted by molar-refractivity contribution is 0.139. The van der Waals surface area contributed by atoms with E-state index >= 15 is 0 Å². The van der Waals surface area contributed by atoms with Crippen LogP contribution in [0, 0.1) is 5.82 Å². The summed E-state index contributed by atoms with van der Waals surface area (Å²) in [6.45, 7) is 4.77. The van der Waals surface area contributed by atoms with Gasteiger partial charge in [-0.2, -0.15) is 8.42 Å². The minimum atomic E-state index is -4.02. The Bertz CT molecular complexity index is 446. The highest BCUT2D eigenvalue weighted by Gasteiger charge is 2.26. The van der Waals surface area contributed by atoms with E-state index in [9.17, 15) is 12.8 Å². The van der Waals surface area contributed by atoms with Crippen LogP contribution in [0.4, 0.5) is 4.39 Å². The number of hydrogen-bond donors (Lipinski definition) is 0. The summed E-state index contributed by atoms with van der Waals surface area (Å²) in [6, 6.07) is 5.13. The SMILES string of the molecule is CC(C)(C)OS(=O)(=O)c1ccccc1F. The highest BCUT2D eigenvalue weighted by molar-refractivity contribution is 7.86. The van der Waals surface area contributed by atoms with Crippen molar-refractivity contribution in [2.45, 2.75) is 31.3 Å². The molecule has 0 saturated heterocycles. The molecule has 0 bridgehead atoms. The van der Waals surface area contributed by atoms with Gasteiger partial charge in [0.15, 0.2) is 0 Å². The number of hydrogen-bond acceptors (Lipinski definition) is 3. The molecular formula is C10H13FO3S. The first-order valence-electron chi connectivity index (χ1n) is 4.42. The second kappa shape index (κ2) is 3.90. The molecule has 0 aliphatic carbocycles. The average molecular weight is 232 g/mol. The molecule has 0 atom stereocenters. The highest BCUT2D eigenvalue weighted by Crippen LogP contribution is 2.21. The van der Waals surface area contributed by atoms with Gasteiger partial charge in [0.2, 0.25) is 0 Å². The Kier molecular flexibility index (Phi) is 3.16. The molecule has 3 nitrogen and oxygen atoms in total. The third kappa shape index (κ3) is 3.28. The molecule has 1 aromatic carbocycles. The fourth-order valence-corrected chi connectivity index (χ4v) is 2.32. The van der Waals surface area contributed by atoms with E-state index in [2.05, 4.69) is 0 Å². The molecule has 0 N–H and O–H groups in total. The van der Waals surface area contributed by atoms with Gasteiger partial charge in [0, 0.05) is 0 Å². The van der Waals surface area contributed by atoms with Crippen molar-refractivity contribution in [3.8, 4) is 0 Å². The highest BCUT2D eigenvalue weighted by atomic mass is 32.2. The van der Waals surface area contributed by atoms with Gasteiger partial charge >= 0.3 is 0 Å². The van der Waals surface area contributed by atoms with Gasteiger partial charge in [-0.3, -0.25) is 4.18 Å². The quantitative estimate of drug-likeness (QED) is 0.735. The van der Waals surface area contributed by atoms with Crippen molar-refractivity contribution in [2.75, 3.05) is 0 Å². The van der Waals surface area contributed by atoms with Gasteiger partial charge in [0.1, 0.15) is 10.7 Å². The standard InChI is InChI=1S/C10H13FO3S/c1-10(2,3)14-15(12,13)9-7-5-4-6-8(9)11/h4-7H,1-3H3. The van der Waals surface area contributed by atoms with Crippen LogP contribution in [-0.4, -0.2) is 14.0 Å². The first kappa shape index (κ1) is 12.1. The van der Waals surface area contributed by atoms with Crippen LogP contribution < -0.4 is 0 Å². The summed E-state index contributed by atoms with van der Waals surface area (Å²) in [6.07, 6.45) is 0. The van der Waals surface area contributed by atoms with Crippen molar-refractivity contribution in [3.05, 3.63) is 30.1 Å². The molecule has 5 heteroatoms. The number of benzene rings is 1. The van der Waals surface area contributed by atoms with Crippen LogP contribution in [0.2, 0.25) is 0 Å². The van der Waals surface area contributed by atoms with Crippen LogP contribution in [0.3, 0.4) is 0 Å². The van der Waals surface area contributed by atoms with E-state index in [4.69, 9.17) is 4.18 Å². The second-order valence-electron chi connectivity index (χ2n) is 4.08. The summed E-state index contributed by atoms with van der Waals surface area (Å²) in [5.41, 5.74) is -0.874. The molecule has 0 radical (unpaired) electrons. The Labute approximate surface area is 89.0 Å². The predicted octanol–water partition coefficient (Wildman–Crippen LogP) is 2.33. The van der Waals surface area contributed by atoms with Crippen molar-refractivity contribution in [1.29, 1.82) is 0 Å². The van der Waals surface area contributed by atoms with Crippen molar-refractivity contribution in [1.82, 2.24) is 0 Å². The Morgan fingerprint density at radius 3 is 2.20 bits per heavy atom. The first-order chi connectivity index (χ1) is 6.72. The largest absolute Gasteiger partial charge is 0.300 e. The van der Waals surface area contributed by atoms with Crippen LogP contribution in [0.25, 0.3) is 0 Å². The molecule has 0 aromatic heterocycles. The Morgan fingerprint density at radius 2 is 1.73 bits per heavy atom. The van der Waals surface area contributed by atoms with Crippen molar-refractivity contribution in [2.24, 2.45) is 0 Å². The van der Waals surface area contributed by atoms with Crippen molar-refractivity contribution in [3.63, 3.8) is 0 Å². The molecule has 1 rings (SSSR count). The normalized spacial score (nSPS) is 12.8. The van der Waals surface area contributed by atoms with E-state index in [0.717, 1.165) is 6.07 Å². The van der Waals surface area contributed by atoms with E-state index in [0.29, 0.717) is 0 Å². The summed E-state index contributed by atoms with van der Waals surface area (Å²) in [5, 5.41) is 0. The van der Waals surface area contributed by atoms with Gasteiger partial charge in [-0.1, -0.05) is 12.1 Å².